The van der Waals surface area contributed by atoms with Gasteiger partial charge in [0.15, 0.2) is 0 Å². The predicted octanol–water partition coefficient (Wildman–Crippen LogP) is 3.06. The van der Waals surface area contributed by atoms with Gasteiger partial charge in [0.1, 0.15) is 17.3 Å². The summed E-state index contributed by atoms with van der Waals surface area (Å²) in [5, 5.41) is 9.86. The van der Waals surface area contributed by atoms with Crippen molar-refractivity contribution in [2.45, 2.75) is 6.04 Å². The average molecular weight is 323 g/mol. The van der Waals surface area contributed by atoms with Gasteiger partial charge in [-0.05, 0) is 18.2 Å². The predicted molar refractivity (Wildman–Crippen MR) is 86.3 cm³/mol. The molecule has 5 nitrogen and oxygen atoms in total. The highest BCUT2D eigenvalue weighted by Crippen LogP contribution is 2.38. The van der Waals surface area contributed by atoms with Crippen LogP contribution in [0.25, 0.3) is 11.3 Å². The zero-order valence-corrected chi connectivity index (χ0v) is 12.8. The van der Waals surface area contributed by atoms with Crippen LogP contribution in [-0.2, 0) is 0 Å². The molecule has 0 bridgehead atoms. The highest BCUT2D eigenvalue weighted by molar-refractivity contribution is 6.00. The number of carbonyl (C=O) groups is 1. The largest absolute Gasteiger partial charge is 0.497 e. The average Bonchev–Trinajstić information content (AvgIpc) is 3.17. The van der Waals surface area contributed by atoms with E-state index < -0.39 is 6.04 Å². The number of aromatic nitrogens is 2. The Hall–Kier alpha value is -3.15. The number of halogens is 1. The van der Waals surface area contributed by atoms with Crippen LogP contribution in [0.5, 0.6) is 5.75 Å². The molecule has 2 heterocycles. The minimum Gasteiger partial charge on any atom is -0.497 e. The number of methoxy groups -OCH3 is 1. The molecule has 6 heteroatoms. The monoisotopic (exact) mass is 323 g/mol. The van der Waals surface area contributed by atoms with Crippen molar-refractivity contribution >= 4 is 5.91 Å². The van der Waals surface area contributed by atoms with Gasteiger partial charge in [-0.15, -0.1) is 0 Å². The molecule has 24 heavy (non-hydrogen) atoms. The quantitative estimate of drug-likeness (QED) is 0.778. The number of nitrogens with one attached hydrogen (secondary N) is 2. The third-order valence-corrected chi connectivity index (χ3v) is 4.15. The summed E-state index contributed by atoms with van der Waals surface area (Å²) < 4.78 is 19.5. The number of hydrogen-bond donors (Lipinski definition) is 2. The van der Waals surface area contributed by atoms with Crippen molar-refractivity contribution in [3.8, 4) is 17.0 Å². The van der Waals surface area contributed by atoms with Crippen LogP contribution in [0.15, 0.2) is 48.5 Å². The van der Waals surface area contributed by atoms with Crippen LogP contribution in [0, 0.1) is 5.82 Å². The topological polar surface area (TPSA) is 67.0 Å². The maximum Gasteiger partial charge on any atom is 0.270 e. The second kappa shape index (κ2) is 5.49. The van der Waals surface area contributed by atoms with Crippen LogP contribution in [0.3, 0.4) is 0 Å². The number of fused-ring (bicyclic) bond motifs is 1. The summed E-state index contributed by atoms with van der Waals surface area (Å²) in [5.41, 5.74) is 2.83. The van der Waals surface area contributed by atoms with Crippen molar-refractivity contribution in [3.63, 3.8) is 0 Å². The Morgan fingerprint density at radius 3 is 2.79 bits per heavy atom. The third-order valence-electron chi connectivity index (χ3n) is 4.15. The summed E-state index contributed by atoms with van der Waals surface area (Å²) in [5.74, 6) is 0.0253. The number of benzene rings is 2. The van der Waals surface area contributed by atoms with Gasteiger partial charge in [0.2, 0.25) is 0 Å². The van der Waals surface area contributed by atoms with Crippen LogP contribution in [0.1, 0.15) is 27.7 Å². The summed E-state index contributed by atoms with van der Waals surface area (Å²) in [7, 11) is 1.58. The molecule has 1 aromatic heterocycles. The Labute approximate surface area is 137 Å². The minimum atomic E-state index is -0.575. The van der Waals surface area contributed by atoms with E-state index in [9.17, 15) is 9.18 Å². The summed E-state index contributed by atoms with van der Waals surface area (Å²) in [4.78, 5) is 12.2. The number of amides is 1. The van der Waals surface area contributed by atoms with Gasteiger partial charge < -0.3 is 10.1 Å². The smallest absolute Gasteiger partial charge is 0.270 e. The molecule has 0 saturated carbocycles. The number of carbonyl (C=O) groups excluding carboxylic acids is 1. The van der Waals surface area contributed by atoms with Crippen molar-refractivity contribution in [2.75, 3.05) is 7.11 Å². The summed E-state index contributed by atoms with van der Waals surface area (Å²) in [6, 6.07) is 13.2. The fourth-order valence-electron chi connectivity index (χ4n) is 3.01. The van der Waals surface area contributed by atoms with Crippen molar-refractivity contribution < 1.29 is 13.9 Å². The normalized spacial score (nSPS) is 15.9. The molecular weight excluding hydrogens is 309 g/mol. The van der Waals surface area contributed by atoms with E-state index in [4.69, 9.17) is 4.74 Å². The van der Waals surface area contributed by atoms with Gasteiger partial charge in [-0.25, -0.2) is 4.39 Å². The molecule has 0 radical (unpaired) electrons. The third kappa shape index (κ3) is 2.15. The van der Waals surface area contributed by atoms with Crippen LogP contribution >= 0.6 is 0 Å². The number of ether oxygens (including phenoxy) is 1. The molecule has 2 N–H and O–H groups in total. The Kier molecular flexibility index (Phi) is 3.30. The van der Waals surface area contributed by atoms with Crippen molar-refractivity contribution in [2.24, 2.45) is 0 Å². The van der Waals surface area contributed by atoms with E-state index in [1.165, 1.54) is 6.07 Å². The molecule has 120 valence electrons. The van der Waals surface area contributed by atoms with Crippen LogP contribution in [-0.4, -0.2) is 23.2 Å². The lowest BCUT2D eigenvalue weighted by Gasteiger charge is -2.14. The van der Waals surface area contributed by atoms with Crippen LogP contribution < -0.4 is 10.1 Å². The molecule has 0 aliphatic carbocycles. The second-order valence-corrected chi connectivity index (χ2v) is 5.52. The highest BCUT2D eigenvalue weighted by atomic mass is 19.1. The molecule has 0 saturated heterocycles. The molecule has 1 unspecified atom stereocenters. The van der Waals surface area contributed by atoms with E-state index >= 15 is 0 Å². The van der Waals surface area contributed by atoms with E-state index in [-0.39, 0.29) is 11.7 Å². The first-order chi connectivity index (χ1) is 11.7. The standard InChI is InChI=1S/C18H14FN3O2/c1-24-11-6-4-5-10(9-11)15-14-16(12-7-2-3-8-13(12)19)20-18(23)17(14)22-21-15/h2-9,16H,1H3,(H,20,23)(H,21,22). The number of H-pyrrole nitrogens is 1. The first-order valence-electron chi connectivity index (χ1n) is 7.47. The summed E-state index contributed by atoms with van der Waals surface area (Å²) in [6.07, 6.45) is 0. The van der Waals surface area contributed by atoms with Crippen molar-refractivity contribution in [1.29, 1.82) is 0 Å². The van der Waals surface area contributed by atoms with Gasteiger partial charge >= 0.3 is 0 Å². The lowest BCUT2D eigenvalue weighted by atomic mass is 9.96. The summed E-state index contributed by atoms with van der Waals surface area (Å²) >= 11 is 0. The molecule has 0 fully saturated rings. The van der Waals surface area contributed by atoms with Gasteiger partial charge in [-0.3, -0.25) is 9.89 Å². The fraction of sp³-hybridized carbons (Fsp3) is 0.111. The fourth-order valence-corrected chi connectivity index (χ4v) is 3.01. The van der Waals surface area contributed by atoms with Crippen LogP contribution in [0.2, 0.25) is 0 Å². The van der Waals surface area contributed by atoms with E-state index in [1.54, 1.807) is 25.3 Å². The Morgan fingerprint density at radius 1 is 1.17 bits per heavy atom. The number of rotatable bonds is 3. The number of nitrogens with zero attached hydrogens (tertiary/aromatic N) is 1. The second-order valence-electron chi connectivity index (χ2n) is 5.52. The van der Waals surface area contributed by atoms with Gasteiger partial charge in [-0.2, -0.15) is 5.10 Å². The zero-order valence-electron chi connectivity index (χ0n) is 12.8. The summed E-state index contributed by atoms with van der Waals surface area (Å²) in [6.45, 7) is 0. The molecule has 1 atom stereocenters. The Morgan fingerprint density at radius 2 is 2.00 bits per heavy atom. The number of aromatic amines is 1. The van der Waals surface area contributed by atoms with Crippen molar-refractivity contribution in [1.82, 2.24) is 15.5 Å². The minimum absolute atomic E-state index is 0.292. The first kappa shape index (κ1) is 14.4. The first-order valence-corrected chi connectivity index (χ1v) is 7.47. The number of hydrogen-bond acceptors (Lipinski definition) is 3. The van der Waals surface area contributed by atoms with E-state index in [0.717, 1.165) is 5.56 Å². The Bertz CT molecular complexity index is 936. The molecule has 1 aliphatic rings. The van der Waals surface area contributed by atoms with Crippen LogP contribution in [0.4, 0.5) is 4.39 Å². The van der Waals surface area contributed by atoms with Gasteiger partial charge in [0.05, 0.1) is 18.8 Å². The lowest BCUT2D eigenvalue weighted by molar-refractivity contribution is 0.0955. The Balaban J connectivity index is 1.88. The van der Waals surface area contributed by atoms with E-state index in [2.05, 4.69) is 15.5 Å². The van der Waals surface area contributed by atoms with Gasteiger partial charge in [-0.1, -0.05) is 30.3 Å². The van der Waals surface area contributed by atoms with Gasteiger partial charge in [0.25, 0.3) is 5.91 Å². The maximum absolute atomic E-state index is 14.2. The lowest BCUT2D eigenvalue weighted by Crippen LogP contribution is -2.21. The SMILES string of the molecule is COc1cccc(-c2n[nH]c3c2C(c2ccccc2F)NC3=O)c1. The zero-order chi connectivity index (χ0) is 16.7. The molecule has 4 rings (SSSR count). The van der Waals surface area contributed by atoms with Crippen molar-refractivity contribution in [3.05, 3.63) is 71.2 Å². The van der Waals surface area contributed by atoms with Gasteiger partial charge in [0, 0.05) is 16.7 Å². The maximum atomic E-state index is 14.2. The molecule has 1 aliphatic heterocycles. The highest BCUT2D eigenvalue weighted by Gasteiger charge is 2.36. The molecule has 3 aromatic rings. The molecule has 1 amide bonds. The van der Waals surface area contributed by atoms with E-state index in [0.29, 0.717) is 28.3 Å². The molecular formula is C18H14FN3O2. The van der Waals surface area contributed by atoms with E-state index in [1.807, 2.05) is 24.3 Å². The molecule has 2 aromatic carbocycles. The molecule has 0 spiro atoms.